The second-order valence-corrected chi connectivity index (χ2v) is 5.06. The van der Waals surface area contributed by atoms with E-state index >= 15 is 0 Å². The minimum Gasteiger partial charge on any atom is -0.497 e. The van der Waals surface area contributed by atoms with Crippen LogP contribution in [-0.2, 0) is 11.8 Å². The van der Waals surface area contributed by atoms with Crippen LogP contribution in [0.3, 0.4) is 0 Å². The molecule has 0 saturated heterocycles. The first-order chi connectivity index (χ1) is 7.59. The van der Waals surface area contributed by atoms with Crippen LogP contribution < -0.4 is 10.1 Å². The van der Waals surface area contributed by atoms with Gasteiger partial charge in [-0.15, -0.1) is 0 Å². The SMILES string of the molecule is CCNC1Cc2cc(OC)ccc2C1(C)C. The Hall–Kier alpha value is -1.02. The lowest BCUT2D eigenvalue weighted by Crippen LogP contribution is -2.41. The van der Waals surface area contributed by atoms with Crippen LogP contribution in [0.4, 0.5) is 0 Å². The van der Waals surface area contributed by atoms with Crippen molar-refractivity contribution < 1.29 is 4.74 Å². The molecule has 0 bridgehead atoms. The highest BCUT2D eigenvalue weighted by Gasteiger charge is 2.38. The predicted octanol–water partition coefficient (Wildman–Crippen LogP) is 2.51. The number of benzene rings is 1. The Morgan fingerprint density at radius 3 is 2.81 bits per heavy atom. The fraction of sp³-hybridized carbons (Fsp3) is 0.571. The van der Waals surface area contributed by atoms with Crippen molar-refractivity contribution in [2.75, 3.05) is 13.7 Å². The largest absolute Gasteiger partial charge is 0.497 e. The molecule has 88 valence electrons. The fourth-order valence-corrected chi connectivity index (χ4v) is 2.73. The van der Waals surface area contributed by atoms with Gasteiger partial charge < -0.3 is 10.1 Å². The van der Waals surface area contributed by atoms with Crippen LogP contribution in [0.2, 0.25) is 0 Å². The van der Waals surface area contributed by atoms with Gasteiger partial charge in [-0.2, -0.15) is 0 Å². The molecule has 1 aliphatic rings. The molecule has 2 heteroatoms. The third kappa shape index (κ3) is 1.71. The molecule has 1 aromatic rings. The molecule has 0 heterocycles. The van der Waals surface area contributed by atoms with E-state index in [0.29, 0.717) is 6.04 Å². The van der Waals surface area contributed by atoms with E-state index in [2.05, 4.69) is 44.3 Å². The quantitative estimate of drug-likeness (QED) is 0.843. The van der Waals surface area contributed by atoms with E-state index in [-0.39, 0.29) is 5.41 Å². The van der Waals surface area contributed by atoms with E-state index in [1.165, 1.54) is 11.1 Å². The summed E-state index contributed by atoms with van der Waals surface area (Å²) in [6.45, 7) is 7.83. The highest BCUT2D eigenvalue weighted by atomic mass is 16.5. The Kier molecular flexibility index (Phi) is 2.94. The lowest BCUT2D eigenvalue weighted by molar-refractivity contribution is 0.374. The summed E-state index contributed by atoms with van der Waals surface area (Å²) in [7, 11) is 1.73. The van der Waals surface area contributed by atoms with Gasteiger partial charge >= 0.3 is 0 Å². The molecule has 0 fully saturated rings. The molecule has 2 nitrogen and oxygen atoms in total. The average molecular weight is 219 g/mol. The van der Waals surface area contributed by atoms with Crippen LogP contribution in [0.25, 0.3) is 0 Å². The maximum atomic E-state index is 5.28. The van der Waals surface area contributed by atoms with Crippen LogP contribution >= 0.6 is 0 Å². The van der Waals surface area contributed by atoms with Crippen molar-refractivity contribution in [3.8, 4) is 5.75 Å². The first-order valence-electron chi connectivity index (χ1n) is 6.00. The summed E-state index contributed by atoms with van der Waals surface area (Å²) in [5.41, 5.74) is 3.10. The Bertz CT molecular complexity index is 384. The van der Waals surface area contributed by atoms with E-state index in [0.717, 1.165) is 18.7 Å². The predicted molar refractivity (Wildman–Crippen MR) is 67.2 cm³/mol. The van der Waals surface area contributed by atoms with E-state index < -0.39 is 0 Å². The number of hydrogen-bond acceptors (Lipinski definition) is 2. The number of hydrogen-bond donors (Lipinski definition) is 1. The van der Waals surface area contributed by atoms with E-state index in [1.54, 1.807) is 7.11 Å². The number of fused-ring (bicyclic) bond motifs is 1. The zero-order valence-corrected chi connectivity index (χ0v) is 10.6. The zero-order chi connectivity index (χ0) is 11.8. The van der Waals surface area contributed by atoms with Crippen LogP contribution in [0.5, 0.6) is 5.75 Å². The third-order valence-electron chi connectivity index (χ3n) is 3.75. The van der Waals surface area contributed by atoms with Crippen LogP contribution in [0.1, 0.15) is 31.9 Å². The Morgan fingerprint density at radius 1 is 1.44 bits per heavy atom. The van der Waals surface area contributed by atoms with Gasteiger partial charge in [0.25, 0.3) is 0 Å². The molecule has 0 saturated carbocycles. The van der Waals surface area contributed by atoms with Crippen molar-refractivity contribution in [2.45, 2.75) is 38.6 Å². The highest BCUT2D eigenvalue weighted by Crippen LogP contribution is 2.39. The standard InChI is InChI=1S/C14H21NO/c1-5-15-13-9-10-8-11(16-4)6-7-12(10)14(13,2)3/h6-8,13,15H,5,9H2,1-4H3. The smallest absolute Gasteiger partial charge is 0.119 e. The Morgan fingerprint density at radius 2 is 2.19 bits per heavy atom. The molecular formula is C14H21NO. The average Bonchev–Trinajstić information content (AvgIpc) is 2.51. The van der Waals surface area contributed by atoms with Crippen LogP contribution in [0, 0.1) is 0 Å². The molecule has 2 rings (SSSR count). The van der Waals surface area contributed by atoms with Gasteiger partial charge in [0.15, 0.2) is 0 Å². The second-order valence-electron chi connectivity index (χ2n) is 5.06. The van der Waals surface area contributed by atoms with Gasteiger partial charge in [-0.05, 0) is 36.2 Å². The lowest BCUT2D eigenvalue weighted by Gasteiger charge is -2.28. The van der Waals surface area contributed by atoms with Gasteiger partial charge in [-0.25, -0.2) is 0 Å². The van der Waals surface area contributed by atoms with Crippen LogP contribution in [-0.4, -0.2) is 19.7 Å². The van der Waals surface area contributed by atoms with Crippen molar-refractivity contribution in [3.63, 3.8) is 0 Å². The van der Waals surface area contributed by atoms with Gasteiger partial charge in [0, 0.05) is 11.5 Å². The van der Waals surface area contributed by atoms with Crippen molar-refractivity contribution >= 4 is 0 Å². The molecule has 1 unspecified atom stereocenters. The summed E-state index contributed by atoms with van der Waals surface area (Å²) in [4.78, 5) is 0. The third-order valence-corrected chi connectivity index (χ3v) is 3.75. The van der Waals surface area contributed by atoms with Gasteiger partial charge in [0.2, 0.25) is 0 Å². The minimum atomic E-state index is 0.220. The monoisotopic (exact) mass is 219 g/mol. The summed E-state index contributed by atoms with van der Waals surface area (Å²) in [6.07, 6.45) is 1.10. The maximum Gasteiger partial charge on any atom is 0.119 e. The minimum absolute atomic E-state index is 0.220. The number of rotatable bonds is 3. The molecule has 1 aliphatic carbocycles. The molecule has 0 radical (unpaired) electrons. The Balaban J connectivity index is 2.35. The van der Waals surface area contributed by atoms with Crippen molar-refractivity contribution in [1.82, 2.24) is 5.32 Å². The van der Waals surface area contributed by atoms with Gasteiger partial charge in [0.05, 0.1) is 7.11 Å². The van der Waals surface area contributed by atoms with Gasteiger partial charge in [0.1, 0.15) is 5.75 Å². The number of likely N-dealkylation sites (N-methyl/N-ethyl adjacent to an activating group) is 1. The molecule has 1 aromatic carbocycles. The first-order valence-corrected chi connectivity index (χ1v) is 6.00. The lowest BCUT2D eigenvalue weighted by atomic mass is 9.83. The van der Waals surface area contributed by atoms with Crippen molar-refractivity contribution in [3.05, 3.63) is 29.3 Å². The van der Waals surface area contributed by atoms with Crippen LogP contribution in [0.15, 0.2) is 18.2 Å². The maximum absolute atomic E-state index is 5.28. The molecule has 16 heavy (non-hydrogen) atoms. The zero-order valence-electron chi connectivity index (χ0n) is 10.6. The molecule has 0 aromatic heterocycles. The molecule has 1 N–H and O–H groups in total. The van der Waals surface area contributed by atoms with E-state index in [4.69, 9.17) is 4.74 Å². The summed E-state index contributed by atoms with van der Waals surface area (Å²) in [5, 5.41) is 3.58. The highest BCUT2D eigenvalue weighted by molar-refractivity contribution is 5.45. The summed E-state index contributed by atoms with van der Waals surface area (Å²) < 4.78 is 5.28. The van der Waals surface area contributed by atoms with Crippen molar-refractivity contribution in [2.24, 2.45) is 0 Å². The van der Waals surface area contributed by atoms with Crippen molar-refractivity contribution in [1.29, 1.82) is 0 Å². The summed E-state index contributed by atoms with van der Waals surface area (Å²) >= 11 is 0. The molecule has 0 spiro atoms. The second kappa shape index (κ2) is 4.10. The molecule has 1 atom stereocenters. The number of nitrogens with one attached hydrogen (secondary N) is 1. The van der Waals surface area contributed by atoms with E-state index in [1.807, 2.05) is 0 Å². The number of methoxy groups -OCH3 is 1. The number of ether oxygens (including phenoxy) is 1. The topological polar surface area (TPSA) is 21.3 Å². The fourth-order valence-electron chi connectivity index (χ4n) is 2.73. The van der Waals surface area contributed by atoms with Gasteiger partial charge in [-0.1, -0.05) is 26.8 Å². The molecule has 0 amide bonds. The first kappa shape index (κ1) is 11.5. The normalized spacial score (nSPS) is 21.9. The summed E-state index contributed by atoms with van der Waals surface area (Å²) in [5.74, 6) is 0.965. The summed E-state index contributed by atoms with van der Waals surface area (Å²) in [6, 6.07) is 6.99. The molecular weight excluding hydrogens is 198 g/mol. The Labute approximate surface area is 98.0 Å². The van der Waals surface area contributed by atoms with Gasteiger partial charge in [-0.3, -0.25) is 0 Å². The molecule has 0 aliphatic heterocycles. The van der Waals surface area contributed by atoms with E-state index in [9.17, 15) is 0 Å².